The second-order valence-corrected chi connectivity index (χ2v) is 8.20. The predicted octanol–water partition coefficient (Wildman–Crippen LogP) is 3.33. The fourth-order valence-electron chi connectivity index (χ4n) is 3.38. The van der Waals surface area contributed by atoms with Crippen LogP contribution in [0.25, 0.3) is 0 Å². The highest BCUT2D eigenvalue weighted by molar-refractivity contribution is 6.04. The Morgan fingerprint density at radius 2 is 1.67 bits per heavy atom. The van der Waals surface area contributed by atoms with Gasteiger partial charge >= 0.3 is 0 Å². The lowest BCUT2D eigenvalue weighted by molar-refractivity contribution is -0.00546. The Bertz CT molecular complexity index is 855. The fourth-order valence-corrected chi connectivity index (χ4v) is 3.38. The zero-order valence-corrected chi connectivity index (χ0v) is 18.0. The minimum Gasteiger partial charge on any atom is -0.372 e. The number of hydrogen-bond donors (Lipinski definition) is 2. The maximum atomic E-state index is 12.5. The summed E-state index contributed by atoms with van der Waals surface area (Å²) in [6.45, 7) is 10.4. The molecule has 7 nitrogen and oxygen atoms in total. The highest BCUT2D eigenvalue weighted by Crippen LogP contribution is 2.19. The van der Waals surface area contributed by atoms with Gasteiger partial charge in [-0.2, -0.15) is 0 Å². The summed E-state index contributed by atoms with van der Waals surface area (Å²) in [5, 5.41) is 5.72. The molecule has 0 bridgehead atoms. The molecule has 2 atom stereocenters. The molecule has 3 rings (SSSR count). The minimum absolute atomic E-state index is 0.117. The number of carbonyl (C=O) groups is 2. The summed E-state index contributed by atoms with van der Waals surface area (Å²) >= 11 is 0. The first-order chi connectivity index (χ1) is 14.3. The number of hydrogen-bond acceptors (Lipinski definition) is 5. The summed E-state index contributed by atoms with van der Waals surface area (Å²) in [6, 6.07) is 10.5. The van der Waals surface area contributed by atoms with Crippen LogP contribution in [0, 0.1) is 5.92 Å². The number of anilines is 2. The van der Waals surface area contributed by atoms with E-state index < -0.39 is 0 Å². The Hall–Kier alpha value is -2.93. The Morgan fingerprint density at radius 3 is 2.23 bits per heavy atom. The number of carbonyl (C=O) groups excluding carboxylic acids is 2. The van der Waals surface area contributed by atoms with Gasteiger partial charge in [0, 0.05) is 37.1 Å². The van der Waals surface area contributed by atoms with Crippen LogP contribution in [0.1, 0.15) is 48.4 Å². The Labute approximate surface area is 177 Å². The van der Waals surface area contributed by atoms with Crippen molar-refractivity contribution in [3.8, 4) is 0 Å². The molecule has 1 aliphatic heterocycles. The fraction of sp³-hybridized carbons (Fsp3) is 0.435. The topological polar surface area (TPSA) is 83.6 Å². The third-order valence-electron chi connectivity index (χ3n) is 4.83. The SMILES string of the molecule is CC(C)CNC(=O)c1ccc(NC(=O)c2ccc(N3CC(C)OC(C)C3)nc2)cc1. The van der Waals surface area contributed by atoms with E-state index in [0.717, 1.165) is 18.9 Å². The van der Waals surface area contributed by atoms with Crippen molar-refractivity contribution in [3.63, 3.8) is 0 Å². The van der Waals surface area contributed by atoms with E-state index in [1.54, 1.807) is 36.5 Å². The molecule has 1 fully saturated rings. The lowest BCUT2D eigenvalue weighted by Crippen LogP contribution is -2.45. The van der Waals surface area contributed by atoms with Crippen LogP contribution >= 0.6 is 0 Å². The van der Waals surface area contributed by atoms with Crippen molar-refractivity contribution in [3.05, 3.63) is 53.7 Å². The number of amides is 2. The van der Waals surface area contributed by atoms with Crippen molar-refractivity contribution in [1.29, 1.82) is 0 Å². The van der Waals surface area contributed by atoms with Gasteiger partial charge in [0.2, 0.25) is 0 Å². The molecule has 0 saturated carbocycles. The summed E-state index contributed by atoms with van der Waals surface area (Å²) in [6.07, 6.45) is 1.88. The molecule has 2 N–H and O–H groups in total. The Balaban J connectivity index is 1.58. The predicted molar refractivity (Wildman–Crippen MR) is 118 cm³/mol. The Morgan fingerprint density at radius 1 is 1.03 bits per heavy atom. The minimum atomic E-state index is -0.241. The third-order valence-corrected chi connectivity index (χ3v) is 4.83. The number of nitrogens with one attached hydrogen (secondary N) is 2. The molecule has 2 heterocycles. The van der Waals surface area contributed by atoms with Gasteiger partial charge in [-0.25, -0.2) is 4.98 Å². The highest BCUT2D eigenvalue weighted by Gasteiger charge is 2.23. The molecule has 0 aliphatic carbocycles. The summed E-state index contributed by atoms with van der Waals surface area (Å²) in [5.74, 6) is 0.871. The lowest BCUT2D eigenvalue weighted by atomic mass is 10.1. The number of rotatable bonds is 6. The van der Waals surface area contributed by atoms with Gasteiger partial charge in [0.05, 0.1) is 17.8 Å². The molecule has 1 aliphatic rings. The smallest absolute Gasteiger partial charge is 0.257 e. The molecular weight excluding hydrogens is 380 g/mol. The molecule has 0 spiro atoms. The normalized spacial score (nSPS) is 18.9. The van der Waals surface area contributed by atoms with Crippen LogP contribution in [0.5, 0.6) is 0 Å². The van der Waals surface area contributed by atoms with Gasteiger partial charge in [0.1, 0.15) is 5.82 Å². The molecule has 1 aromatic carbocycles. The van der Waals surface area contributed by atoms with E-state index in [-0.39, 0.29) is 24.0 Å². The number of morpholine rings is 1. The number of ether oxygens (including phenoxy) is 1. The largest absolute Gasteiger partial charge is 0.372 e. The second kappa shape index (κ2) is 9.71. The molecule has 160 valence electrons. The third kappa shape index (κ3) is 5.79. The standard InChI is InChI=1S/C23H30N4O3/c1-15(2)11-25-22(28)18-5-8-20(9-6-18)26-23(29)19-7-10-21(24-12-19)27-13-16(3)30-17(4)14-27/h5-10,12,15-17H,11,13-14H2,1-4H3,(H,25,28)(H,26,29). The Kier molecular flexibility index (Phi) is 7.05. The zero-order chi connectivity index (χ0) is 21.7. The van der Waals surface area contributed by atoms with Crippen LogP contribution in [0.3, 0.4) is 0 Å². The van der Waals surface area contributed by atoms with Crippen molar-refractivity contribution < 1.29 is 14.3 Å². The van der Waals surface area contributed by atoms with E-state index in [9.17, 15) is 9.59 Å². The maximum absolute atomic E-state index is 12.5. The van der Waals surface area contributed by atoms with Crippen molar-refractivity contribution in [2.75, 3.05) is 29.9 Å². The molecule has 2 aromatic rings. The summed E-state index contributed by atoms with van der Waals surface area (Å²) < 4.78 is 5.75. The average molecular weight is 411 g/mol. The van der Waals surface area contributed by atoms with Gasteiger partial charge in [-0.15, -0.1) is 0 Å². The van der Waals surface area contributed by atoms with Crippen molar-refractivity contribution >= 4 is 23.3 Å². The molecule has 7 heteroatoms. The monoisotopic (exact) mass is 410 g/mol. The molecular formula is C23H30N4O3. The summed E-state index contributed by atoms with van der Waals surface area (Å²) in [5.41, 5.74) is 1.67. The number of aromatic nitrogens is 1. The lowest BCUT2D eigenvalue weighted by Gasteiger charge is -2.36. The van der Waals surface area contributed by atoms with E-state index in [2.05, 4.69) is 20.5 Å². The average Bonchev–Trinajstić information content (AvgIpc) is 2.72. The van der Waals surface area contributed by atoms with Gasteiger partial charge in [-0.05, 0) is 56.2 Å². The van der Waals surface area contributed by atoms with Crippen molar-refractivity contribution in [2.24, 2.45) is 5.92 Å². The molecule has 30 heavy (non-hydrogen) atoms. The van der Waals surface area contributed by atoms with E-state index in [1.165, 1.54) is 0 Å². The number of nitrogens with zero attached hydrogens (tertiary/aromatic N) is 2. The van der Waals surface area contributed by atoms with Crippen molar-refractivity contribution in [2.45, 2.75) is 39.9 Å². The van der Waals surface area contributed by atoms with Gasteiger partial charge in [0.25, 0.3) is 11.8 Å². The maximum Gasteiger partial charge on any atom is 0.257 e. The molecule has 1 aromatic heterocycles. The second-order valence-electron chi connectivity index (χ2n) is 8.20. The quantitative estimate of drug-likeness (QED) is 0.763. The van der Waals surface area contributed by atoms with Gasteiger partial charge in [-0.3, -0.25) is 9.59 Å². The molecule has 1 saturated heterocycles. The first-order valence-electron chi connectivity index (χ1n) is 10.4. The van der Waals surface area contributed by atoms with Crippen LogP contribution in [0.2, 0.25) is 0 Å². The molecule has 2 amide bonds. The van der Waals surface area contributed by atoms with E-state index >= 15 is 0 Å². The highest BCUT2D eigenvalue weighted by atomic mass is 16.5. The van der Waals surface area contributed by atoms with Crippen LogP contribution in [0.15, 0.2) is 42.6 Å². The van der Waals surface area contributed by atoms with Crippen LogP contribution in [-0.2, 0) is 4.74 Å². The molecule has 2 unspecified atom stereocenters. The van der Waals surface area contributed by atoms with Gasteiger partial charge in [0.15, 0.2) is 0 Å². The van der Waals surface area contributed by atoms with Gasteiger partial charge < -0.3 is 20.3 Å². The number of pyridine rings is 1. The van der Waals surface area contributed by atoms with Crippen LogP contribution < -0.4 is 15.5 Å². The van der Waals surface area contributed by atoms with Crippen molar-refractivity contribution in [1.82, 2.24) is 10.3 Å². The van der Waals surface area contributed by atoms with E-state index in [4.69, 9.17) is 4.74 Å². The summed E-state index contributed by atoms with van der Waals surface area (Å²) in [4.78, 5) is 31.3. The first-order valence-corrected chi connectivity index (χ1v) is 10.4. The summed E-state index contributed by atoms with van der Waals surface area (Å²) in [7, 11) is 0. The first kappa shape index (κ1) is 21.8. The zero-order valence-electron chi connectivity index (χ0n) is 18.0. The van der Waals surface area contributed by atoms with E-state index in [1.807, 2.05) is 33.8 Å². The molecule has 0 radical (unpaired) electrons. The van der Waals surface area contributed by atoms with E-state index in [0.29, 0.717) is 29.3 Å². The van der Waals surface area contributed by atoms with Crippen LogP contribution in [0.4, 0.5) is 11.5 Å². The van der Waals surface area contributed by atoms with Gasteiger partial charge in [-0.1, -0.05) is 13.8 Å². The number of benzene rings is 1. The van der Waals surface area contributed by atoms with Crippen LogP contribution in [-0.4, -0.2) is 48.6 Å².